The molecule has 2 unspecified atom stereocenters. The van der Waals surface area contributed by atoms with E-state index >= 15 is 0 Å². The lowest BCUT2D eigenvalue weighted by atomic mass is 9.83. The van der Waals surface area contributed by atoms with Crippen molar-refractivity contribution in [2.75, 3.05) is 19.6 Å². The average molecular weight is 323 g/mol. The summed E-state index contributed by atoms with van der Waals surface area (Å²) in [6, 6.07) is 17.0. The summed E-state index contributed by atoms with van der Waals surface area (Å²) in [5.41, 5.74) is 4.97. The number of aryl methyl sites for hydroxylation is 2. The van der Waals surface area contributed by atoms with Crippen molar-refractivity contribution in [1.82, 2.24) is 4.90 Å². The molecule has 3 rings (SSSR count). The first kappa shape index (κ1) is 17.2. The Balaban J connectivity index is 1.91. The monoisotopic (exact) mass is 323 g/mol. The number of rotatable bonds is 5. The predicted octanol–water partition coefficient (Wildman–Crippen LogP) is 4.28. The number of piperidine rings is 1. The van der Waals surface area contributed by atoms with Gasteiger partial charge in [0.15, 0.2) is 0 Å². The topological polar surface area (TPSA) is 23.5 Å². The molecule has 0 saturated carbocycles. The van der Waals surface area contributed by atoms with E-state index in [4.69, 9.17) is 0 Å². The van der Waals surface area contributed by atoms with Gasteiger partial charge in [0.05, 0.1) is 6.10 Å². The van der Waals surface area contributed by atoms with E-state index in [9.17, 15) is 5.11 Å². The third-order valence-corrected chi connectivity index (χ3v) is 5.21. The van der Waals surface area contributed by atoms with Gasteiger partial charge in [-0.05, 0) is 56.5 Å². The Kier molecular flexibility index (Phi) is 5.70. The molecule has 2 aromatic carbocycles. The van der Waals surface area contributed by atoms with Crippen molar-refractivity contribution in [3.8, 4) is 0 Å². The minimum atomic E-state index is -0.383. The molecule has 24 heavy (non-hydrogen) atoms. The fourth-order valence-corrected chi connectivity index (χ4v) is 3.88. The maximum Gasteiger partial charge on any atom is 0.0776 e. The van der Waals surface area contributed by atoms with Crippen LogP contribution in [0.5, 0.6) is 0 Å². The summed E-state index contributed by atoms with van der Waals surface area (Å²) < 4.78 is 0. The summed E-state index contributed by atoms with van der Waals surface area (Å²) in [4.78, 5) is 2.43. The van der Waals surface area contributed by atoms with Crippen LogP contribution in [0.3, 0.4) is 0 Å². The number of hydrogen-bond donors (Lipinski definition) is 1. The molecule has 2 atom stereocenters. The minimum Gasteiger partial charge on any atom is -0.391 e. The van der Waals surface area contributed by atoms with Gasteiger partial charge in [-0.3, -0.25) is 0 Å². The van der Waals surface area contributed by atoms with E-state index in [-0.39, 0.29) is 12.0 Å². The van der Waals surface area contributed by atoms with Gasteiger partial charge in [-0.1, -0.05) is 60.5 Å². The van der Waals surface area contributed by atoms with Crippen LogP contribution in [0.1, 0.15) is 47.4 Å². The van der Waals surface area contributed by atoms with Gasteiger partial charge in [0.25, 0.3) is 0 Å². The van der Waals surface area contributed by atoms with Gasteiger partial charge in [-0.25, -0.2) is 0 Å². The van der Waals surface area contributed by atoms with Gasteiger partial charge < -0.3 is 10.0 Å². The van der Waals surface area contributed by atoms with Gasteiger partial charge >= 0.3 is 0 Å². The molecule has 2 heteroatoms. The molecular weight excluding hydrogens is 294 g/mol. The van der Waals surface area contributed by atoms with Crippen molar-refractivity contribution < 1.29 is 5.11 Å². The lowest BCUT2D eigenvalue weighted by Gasteiger charge is -2.33. The summed E-state index contributed by atoms with van der Waals surface area (Å²) in [7, 11) is 0. The van der Waals surface area contributed by atoms with E-state index in [1.165, 1.54) is 41.5 Å². The zero-order valence-corrected chi connectivity index (χ0v) is 14.9. The van der Waals surface area contributed by atoms with E-state index in [1.54, 1.807) is 0 Å². The first-order valence-corrected chi connectivity index (χ1v) is 9.17. The van der Waals surface area contributed by atoms with Crippen LogP contribution in [0.2, 0.25) is 0 Å². The Morgan fingerprint density at radius 2 is 1.67 bits per heavy atom. The molecule has 0 aromatic heterocycles. The van der Waals surface area contributed by atoms with Crippen molar-refractivity contribution in [1.29, 1.82) is 0 Å². The van der Waals surface area contributed by atoms with Crippen molar-refractivity contribution in [3.63, 3.8) is 0 Å². The number of likely N-dealkylation sites (tertiary alicyclic amines) is 1. The number of nitrogens with zero attached hydrogens (tertiary/aromatic N) is 1. The van der Waals surface area contributed by atoms with Crippen LogP contribution in [-0.4, -0.2) is 35.7 Å². The molecule has 0 aliphatic carbocycles. The molecule has 1 heterocycles. The van der Waals surface area contributed by atoms with E-state index in [2.05, 4.69) is 61.2 Å². The highest BCUT2D eigenvalue weighted by molar-refractivity contribution is 5.40. The normalized spacial score (nSPS) is 18.3. The van der Waals surface area contributed by atoms with Crippen LogP contribution in [-0.2, 0) is 0 Å². The van der Waals surface area contributed by atoms with Gasteiger partial charge in [0.1, 0.15) is 0 Å². The summed E-state index contributed by atoms with van der Waals surface area (Å²) in [6.45, 7) is 7.27. The molecule has 1 N–H and O–H groups in total. The fourth-order valence-electron chi connectivity index (χ4n) is 3.88. The number of aliphatic hydroxyl groups is 1. The van der Waals surface area contributed by atoms with Crippen LogP contribution in [0.15, 0.2) is 48.5 Å². The zero-order chi connectivity index (χ0) is 16.9. The average Bonchev–Trinajstić information content (AvgIpc) is 2.60. The SMILES string of the molecule is Cc1ccc(C)c(C(c2ccccc2)C(O)CN2CCCCC2)c1. The second-order valence-corrected chi connectivity index (χ2v) is 7.18. The molecule has 0 spiro atoms. The second kappa shape index (κ2) is 7.96. The maximum absolute atomic E-state index is 11.1. The molecule has 2 aromatic rings. The van der Waals surface area contributed by atoms with Crippen LogP contribution in [0.4, 0.5) is 0 Å². The Morgan fingerprint density at radius 3 is 2.38 bits per heavy atom. The van der Waals surface area contributed by atoms with E-state index in [1.807, 2.05) is 6.07 Å². The standard InChI is InChI=1S/C22H29NO/c1-17-11-12-18(2)20(15-17)22(19-9-5-3-6-10-19)21(24)16-23-13-7-4-8-14-23/h3,5-6,9-12,15,21-22,24H,4,7-8,13-14,16H2,1-2H3. The molecule has 0 radical (unpaired) electrons. The number of hydrogen-bond acceptors (Lipinski definition) is 2. The van der Waals surface area contributed by atoms with Gasteiger partial charge in [-0.15, -0.1) is 0 Å². The van der Waals surface area contributed by atoms with Crippen LogP contribution in [0.25, 0.3) is 0 Å². The van der Waals surface area contributed by atoms with Crippen molar-refractivity contribution >= 4 is 0 Å². The van der Waals surface area contributed by atoms with Crippen molar-refractivity contribution in [2.24, 2.45) is 0 Å². The molecule has 0 amide bonds. The molecule has 128 valence electrons. The highest BCUT2D eigenvalue weighted by Gasteiger charge is 2.27. The summed E-state index contributed by atoms with van der Waals surface area (Å²) in [5, 5.41) is 11.1. The summed E-state index contributed by atoms with van der Waals surface area (Å²) in [6.07, 6.45) is 3.45. The first-order chi connectivity index (χ1) is 11.6. The fraction of sp³-hybridized carbons (Fsp3) is 0.455. The highest BCUT2D eigenvalue weighted by atomic mass is 16.3. The lowest BCUT2D eigenvalue weighted by molar-refractivity contribution is 0.0892. The van der Waals surface area contributed by atoms with Crippen molar-refractivity contribution in [2.45, 2.75) is 45.1 Å². The molecule has 1 aliphatic rings. The lowest BCUT2D eigenvalue weighted by Crippen LogP contribution is -2.39. The van der Waals surface area contributed by atoms with Crippen LogP contribution < -0.4 is 0 Å². The number of β-amino-alcohol motifs (C(OH)–C–C–N with tert-alkyl or cyclic N) is 1. The smallest absolute Gasteiger partial charge is 0.0776 e. The number of aliphatic hydroxyl groups excluding tert-OH is 1. The van der Waals surface area contributed by atoms with E-state index in [0.29, 0.717) is 0 Å². The van der Waals surface area contributed by atoms with E-state index in [0.717, 1.165) is 19.6 Å². The second-order valence-electron chi connectivity index (χ2n) is 7.18. The minimum absolute atomic E-state index is 0.0352. The summed E-state index contributed by atoms with van der Waals surface area (Å²) in [5.74, 6) is 0.0352. The van der Waals surface area contributed by atoms with Gasteiger partial charge in [-0.2, -0.15) is 0 Å². The molecule has 1 aliphatic heterocycles. The van der Waals surface area contributed by atoms with Crippen LogP contribution in [0, 0.1) is 13.8 Å². The maximum atomic E-state index is 11.1. The third-order valence-electron chi connectivity index (χ3n) is 5.21. The van der Waals surface area contributed by atoms with Gasteiger partial charge in [0.2, 0.25) is 0 Å². The quantitative estimate of drug-likeness (QED) is 0.887. The van der Waals surface area contributed by atoms with E-state index < -0.39 is 0 Å². The molecule has 0 bridgehead atoms. The zero-order valence-electron chi connectivity index (χ0n) is 14.9. The van der Waals surface area contributed by atoms with Crippen molar-refractivity contribution in [3.05, 3.63) is 70.8 Å². The first-order valence-electron chi connectivity index (χ1n) is 9.17. The Morgan fingerprint density at radius 1 is 0.958 bits per heavy atom. The molecule has 2 nitrogen and oxygen atoms in total. The summed E-state index contributed by atoms with van der Waals surface area (Å²) >= 11 is 0. The Bertz CT molecular complexity index is 646. The highest BCUT2D eigenvalue weighted by Crippen LogP contribution is 2.32. The predicted molar refractivity (Wildman–Crippen MR) is 100 cm³/mol. The molecule has 1 fully saturated rings. The number of benzene rings is 2. The Hall–Kier alpha value is -1.64. The third kappa shape index (κ3) is 4.06. The van der Waals surface area contributed by atoms with Gasteiger partial charge in [0, 0.05) is 12.5 Å². The molecular formula is C22H29NO. The largest absolute Gasteiger partial charge is 0.391 e. The molecule has 1 saturated heterocycles. The van der Waals surface area contributed by atoms with Crippen LogP contribution >= 0.6 is 0 Å². The Labute approximate surface area is 146 Å².